The van der Waals surface area contributed by atoms with Crippen molar-refractivity contribution < 1.29 is 20.1 Å². The summed E-state index contributed by atoms with van der Waals surface area (Å²) in [6.07, 6.45) is -0.0994. The molecule has 0 aliphatic rings. The first-order valence-corrected chi connectivity index (χ1v) is 7.15. The highest BCUT2D eigenvalue weighted by atomic mass is 32.2. The van der Waals surface area contributed by atoms with Gasteiger partial charge in [0.15, 0.2) is 11.5 Å². The molecule has 6 nitrogen and oxygen atoms in total. The van der Waals surface area contributed by atoms with Gasteiger partial charge in [-0.2, -0.15) is 10.5 Å². The minimum absolute atomic E-state index is 0.0662. The summed E-state index contributed by atoms with van der Waals surface area (Å²) in [5, 5.41) is 46.3. The number of hydrogen-bond acceptors (Lipinski definition) is 6. The zero-order chi connectivity index (χ0) is 17.0. The highest BCUT2D eigenvalue weighted by Gasteiger charge is 2.18. The van der Waals surface area contributed by atoms with Crippen LogP contribution in [0.5, 0.6) is 11.5 Å². The Hall–Kier alpha value is -3.16. The molecule has 0 radical (unpaired) electrons. The number of rotatable bonds is 4. The molecule has 0 unspecified atom stereocenters. The quantitative estimate of drug-likeness (QED) is 0.737. The van der Waals surface area contributed by atoms with Crippen LogP contribution in [-0.2, 0) is 11.2 Å². The molecule has 0 saturated heterocycles. The molecule has 0 amide bonds. The van der Waals surface area contributed by atoms with E-state index in [0.717, 1.165) is 17.8 Å². The van der Waals surface area contributed by atoms with Crippen LogP contribution in [0.25, 0.3) is 0 Å². The number of carbonyl (C=O) groups is 1. The van der Waals surface area contributed by atoms with Gasteiger partial charge >= 0.3 is 5.97 Å². The number of hydrogen-bond donors (Lipinski definition) is 3. The van der Waals surface area contributed by atoms with Crippen LogP contribution in [0, 0.1) is 22.7 Å². The molecular formula is C16H10N2O4S. The van der Waals surface area contributed by atoms with Crippen LogP contribution in [0.3, 0.4) is 0 Å². The molecule has 0 heterocycles. The Morgan fingerprint density at radius 2 is 1.78 bits per heavy atom. The van der Waals surface area contributed by atoms with Crippen LogP contribution < -0.4 is 0 Å². The molecule has 2 rings (SSSR count). The zero-order valence-electron chi connectivity index (χ0n) is 11.6. The summed E-state index contributed by atoms with van der Waals surface area (Å²) >= 11 is 1.08. The number of nitriles is 2. The van der Waals surface area contributed by atoms with E-state index in [1.807, 2.05) is 6.07 Å². The Kier molecular flexibility index (Phi) is 4.75. The van der Waals surface area contributed by atoms with E-state index < -0.39 is 17.5 Å². The molecule has 0 aromatic heterocycles. The predicted molar refractivity (Wildman–Crippen MR) is 81.1 cm³/mol. The second-order valence-corrected chi connectivity index (χ2v) is 5.62. The van der Waals surface area contributed by atoms with Gasteiger partial charge in [-0.25, -0.2) is 0 Å². The second-order valence-electron chi connectivity index (χ2n) is 4.54. The Morgan fingerprint density at radius 3 is 2.30 bits per heavy atom. The third kappa shape index (κ3) is 3.54. The van der Waals surface area contributed by atoms with Gasteiger partial charge in [-0.15, -0.1) is 0 Å². The standard InChI is InChI=1S/C16H10N2O4S/c17-7-10-6-13(19)15(22)12(8-18)16(10)23-11-3-1-9(2-4-11)5-14(20)21/h1-4,6,19,22H,5H2,(H,20,21). The maximum atomic E-state index is 10.7. The van der Waals surface area contributed by atoms with Crippen LogP contribution in [0.4, 0.5) is 0 Å². The number of carboxylic acids is 1. The molecule has 0 saturated carbocycles. The molecule has 7 heteroatoms. The van der Waals surface area contributed by atoms with Gasteiger partial charge in [-0.05, 0) is 17.7 Å². The van der Waals surface area contributed by atoms with Crippen LogP contribution in [0.1, 0.15) is 16.7 Å². The van der Waals surface area contributed by atoms with Gasteiger partial charge in [0.1, 0.15) is 17.7 Å². The highest BCUT2D eigenvalue weighted by molar-refractivity contribution is 7.99. The van der Waals surface area contributed by atoms with Gasteiger partial charge in [0.2, 0.25) is 0 Å². The summed E-state index contributed by atoms with van der Waals surface area (Å²) in [6.45, 7) is 0. The lowest BCUT2D eigenvalue weighted by atomic mass is 10.1. The van der Waals surface area contributed by atoms with Crippen LogP contribution in [0.2, 0.25) is 0 Å². The third-order valence-corrected chi connectivity index (χ3v) is 4.10. The minimum Gasteiger partial charge on any atom is -0.504 e. The van der Waals surface area contributed by atoms with Gasteiger partial charge in [0.05, 0.1) is 16.9 Å². The first kappa shape index (κ1) is 16.2. The van der Waals surface area contributed by atoms with E-state index in [0.29, 0.717) is 10.5 Å². The Morgan fingerprint density at radius 1 is 1.13 bits per heavy atom. The minimum atomic E-state index is -0.938. The first-order valence-electron chi connectivity index (χ1n) is 6.34. The summed E-state index contributed by atoms with van der Waals surface area (Å²) in [4.78, 5) is 11.5. The highest BCUT2D eigenvalue weighted by Crippen LogP contribution is 2.41. The van der Waals surface area contributed by atoms with E-state index >= 15 is 0 Å². The molecule has 2 aromatic carbocycles. The van der Waals surface area contributed by atoms with Crippen molar-refractivity contribution in [2.75, 3.05) is 0 Å². The summed E-state index contributed by atoms with van der Waals surface area (Å²) < 4.78 is 0. The van der Waals surface area contributed by atoms with E-state index in [2.05, 4.69) is 0 Å². The molecular weight excluding hydrogens is 316 g/mol. The van der Waals surface area contributed by atoms with Crippen molar-refractivity contribution in [1.82, 2.24) is 0 Å². The van der Waals surface area contributed by atoms with Crippen molar-refractivity contribution in [1.29, 1.82) is 10.5 Å². The number of nitrogens with zero attached hydrogens (tertiary/aromatic N) is 2. The van der Waals surface area contributed by atoms with E-state index in [4.69, 9.17) is 15.6 Å². The number of carboxylic acid groups (broad SMARTS) is 1. The topological polar surface area (TPSA) is 125 Å². The van der Waals surface area contributed by atoms with E-state index in [-0.39, 0.29) is 22.4 Å². The average Bonchev–Trinajstić information content (AvgIpc) is 2.52. The fraction of sp³-hybridized carbons (Fsp3) is 0.0625. The van der Waals surface area contributed by atoms with E-state index in [9.17, 15) is 15.0 Å². The molecule has 0 bridgehead atoms. The maximum absolute atomic E-state index is 10.7. The summed E-state index contributed by atoms with van der Waals surface area (Å²) in [7, 11) is 0. The fourth-order valence-corrected chi connectivity index (χ4v) is 2.87. The van der Waals surface area contributed by atoms with E-state index in [1.54, 1.807) is 30.3 Å². The predicted octanol–water partition coefficient (Wildman–Crippen LogP) is 2.62. The van der Waals surface area contributed by atoms with Crippen LogP contribution in [-0.4, -0.2) is 21.3 Å². The molecule has 0 aliphatic carbocycles. The maximum Gasteiger partial charge on any atom is 0.307 e. The summed E-state index contributed by atoms with van der Waals surface area (Å²) in [5.74, 6) is -2.04. The van der Waals surface area contributed by atoms with Crippen molar-refractivity contribution in [3.8, 4) is 23.6 Å². The van der Waals surface area contributed by atoms with Crippen LogP contribution >= 0.6 is 11.8 Å². The fourth-order valence-electron chi connectivity index (χ4n) is 1.90. The number of aliphatic carboxylic acids is 1. The zero-order valence-corrected chi connectivity index (χ0v) is 12.5. The van der Waals surface area contributed by atoms with Crippen molar-refractivity contribution in [2.24, 2.45) is 0 Å². The summed E-state index contributed by atoms with van der Waals surface area (Å²) in [6, 6.07) is 11.3. The Balaban J connectivity index is 2.40. The molecule has 0 aliphatic heterocycles. The Labute approximate surface area is 135 Å². The third-order valence-electron chi connectivity index (χ3n) is 2.96. The van der Waals surface area contributed by atoms with Crippen LogP contribution in [0.15, 0.2) is 40.1 Å². The van der Waals surface area contributed by atoms with Crippen molar-refractivity contribution in [3.63, 3.8) is 0 Å². The monoisotopic (exact) mass is 326 g/mol. The van der Waals surface area contributed by atoms with Crippen molar-refractivity contribution in [3.05, 3.63) is 47.0 Å². The Bertz CT molecular complexity index is 848. The van der Waals surface area contributed by atoms with Crippen molar-refractivity contribution >= 4 is 17.7 Å². The largest absolute Gasteiger partial charge is 0.504 e. The average molecular weight is 326 g/mol. The molecule has 0 spiro atoms. The molecule has 2 aromatic rings. The normalized spacial score (nSPS) is 9.83. The molecule has 114 valence electrons. The molecule has 0 fully saturated rings. The SMILES string of the molecule is N#Cc1cc(O)c(O)c(C#N)c1Sc1ccc(CC(=O)O)cc1. The van der Waals surface area contributed by atoms with E-state index in [1.165, 1.54) is 0 Å². The lowest BCUT2D eigenvalue weighted by Gasteiger charge is -2.09. The lowest BCUT2D eigenvalue weighted by molar-refractivity contribution is -0.136. The smallest absolute Gasteiger partial charge is 0.307 e. The van der Waals surface area contributed by atoms with Gasteiger partial charge < -0.3 is 15.3 Å². The van der Waals surface area contributed by atoms with Gasteiger partial charge in [-0.3, -0.25) is 4.79 Å². The number of aromatic hydroxyl groups is 2. The number of phenols is 2. The molecule has 0 atom stereocenters. The van der Waals surface area contributed by atoms with Crippen molar-refractivity contribution in [2.45, 2.75) is 16.2 Å². The van der Waals surface area contributed by atoms with Gasteiger partial charge in [0, 0.05) is 11.0 Å². The second kappa shape index (κ2) is 6.73. The van der Waals surface area contributed by atoms with Gasteiger partial charge in [0.25, 0.3) is 0 Å². The lowest BCUT2D eigenvalue weighted by Crippen LogP contribution is -1.99. The first-order chi connectivity index (χ1) is 11.0. The number of phenolic OH excluding ortho intramolecular Hbond substituents is 2. The number of benzene rings is 2. The van der Waals surface area contributed by atoms with Gasteiger partial charge in [-0.1, -0.05) is 23.9 Å². The molecule has 3 N–H and O–H groups in total. The molecule has 23 heavy (non-hydrogen) atoms. The summed E-state index contributed by atoms with van der Waals surface area (Å²) in [5.41, 5.74) is 0.508.